The number of anilines is 1. The first-order valence-electron chi connectivity index (χ1n) is 6.78. The van der Waals surface area contributed by atoms with Crippen LogP contribution in [0.15, 0.2) is 36.5 Å². The van der Waals surface area contributed by atoms with Crippen LogP contribution in [-0.2, 0) is 9.59 Å². The Morgan fingerprint density at radius 2 is 2.00 bits per heavy atom. The molecule has 4 nitrogen and oxygen atoms in total. The van der Waals surface area contributed by atoms with Crippen molar-refractivity contribution in [3.63, 3.8) is 0 Å². The number of para-hydroxylation sites is 1. The quantitative estimate of drug-likeness (QED) is 0.787. The summed E-state index contributed by atoms with van der Waals surface area (Å²) in [5, 5.41) is 0.927. The van der Waals surface area contributed by atoms with Crippen molar-refractivity contribution in [2.24, 2.45) is 5.41 Å². The topological polar surface area (TPSA) is 50.3 Å². The predicted octanol–water partition coefficient (Wildman–Crippen LogP) is 2.91. The van der Waals surface area contributed by atoms with Crippen LogP contribution in [0.4, 0.5) is 5.69 Å². The zero-order valence-electron chi connectivity index (χ0n) is 11.6. The zero-order valence-corrected chi connectivity index (χ0v) is 11.6. The predicted molar refractivity (Wildman–Crippen MR) is 77.3 cm³/mol. The molecule has 20 heavy (non-hydrogen) atoms. The van der Waals surface area contributed by atoms with E-state index in [1.54, 1.807) is 12.3 Å². The molecule has 3 rings (SSSR count). The average molecular weight is 268 g/mol. The Hall–Kier alpha value is -2.23. The molecule has 1 aliphatic rings. The highest BCUT2D eigenvalue weighted by Crippen LogP contribution is 2.39. The molecule has 1 fully saturated rings. The number of fused-ring (bicyclic) bond motifs is 1. The molecule has 102 valence electrons. The van der Waals surface area contributed by atoms with Crippen molar-refractivity contribution in [2.45, 2.75) is 26.7 Å². The van der Waals surface area contributed by atoms with Gasteiger partial charge in [0.05, 0.1) is 16.6 Å². The number of aromatic nitrogens is 1. The summed E-state index contributed by atoms with van der Waals surface area (Å²) in [6.45, 7) is 3.79. The smallest absolute Gasteiger partial charge is 0.240 e. The Balaban J connectivity index is 2.17. The lowest BCUT2D eigenvalue weighted by molar-refractivity contribution is -0.125. The maximum atomic E-state index is 12.6. The minimum Gasteiger partial charge on any atom is -0.274 e. The van der Waals surface area contributed by atoms with Gasteiger partial charge in [-0.15, -0.1) is 0 Å². The average Bonchev–Trinajstić information content (AvgIpc) is 2.69. The van der Waals surface area contributed by atoms with Gasteiger partial charge < -0.3 is 0 Å². The normalized spacial score (nSPS) is 22.8. The molecular weight excluding hydrogens is 252 g/mol. The van der Waals surface area contributed by atoms with Gasteiger partial charge in [-0.1, -0.05) is 32.0 Å². The van der Waals surface area contributed by atoms with Crippen LogP contribution in [0.25, 0.3) is 10.9 Å². The number of benzene rings is 1. The summed E-state index contributed by atoms with van der Waals surface area (Å²) in [7, 11) is 0. The van der Waals surface area contributed by atoms with Gasteiger partial charge in [0.2, 0.25) is 11.8 Å². The highest BCUT2D eigenvalue weighted by Gasteiger charge is 2.47. The van der Waals surface area contributed by atoms with Crippen molar-refractivity contribution in [2.75, 3.05) is 4.90 Å². The maximum absolute atomic E-state index is 12.6. The van der Waals surface area contributed by atoms with Gasteiger partial charge in [0.1, 0.15) is 0 Å². The summed E-state index contributed by atoms with van der Waals surface area (Å²) in [6, 6.07) is 9.33. The maximum Gasteiger partial charge on any atom is 0.240 e. The number of amides is 2. The Morgan fingerprint density at radius 1 is 1.25 bits per heavy atom. The van der Waals surface area contributed by atoms with Crippen LogP contribution in [0.1, 0.15) is 26.7 Å². The minimum absolute atomic E-state index is 0.122. The van der Waals surface area contributed by atoms with Gasteiger partial charge in [0.25, 0.3) is 0 Å². The van der Waals surface area contributed by atoms with Crippen LogP contribution < -0.4 is 4.90 Å². The highest BCUT2D eigenvalue weighted by molar-refractivity contribution is 6.24. The molecule has 1 atom stereocenters. The molecule has 1 unspecified atom stereocenters. The number of carbonyl (C=O) groups excluding carboxylic acids is 2. The van der Waals surface area contributed by atoms with Gasteiger partial charge in [-0.3, -0.25) is 14.6 Å². The van der Waals surface area contributed by atoms with Crippen molar-refractivity contribution in [3.8, 4) is 0 Å². The van der Waals surface area contributed by atoms with E-state index in [4.69, 9.17) is 0 Å². The summed E-state index contributed by atoms with van der Waals surface area (Å²) in [5.41, 5.74) is 0.695. The van der Waals surface area contributed by atoms with Gasteiger partial charge in [-0.25, -0.2) is 4.90 Å². The summed E-state index contributed by atoms with van der Waals surface area (Å²) in [4.78, 5) is 30.5. The zero-order chi connectivity index (χ0) is 14.3. The standard InChI is InChI=1S/C16H16N2O2/c1-3-16(2)10-13(19)18(15(16)20)12-8-4-6-11-7-5-9-17-14(11)12/h4-9H,3,10H2,1-2H3. The van der Waals surface area contributed by atoms with Gasteiger partial charge >= 0.3 is 0 Å². The van der Waals surface area contributed by atoms with E-state index in [0.29, 0.717) is 17.6 Å². The molecule has 2 amide bonds. The largest absolute Gasteiger partial charge is 0.274 e. The van der Waals surface area contributed by atoms with Crippen LogP contribution in [0, 0.1) is 5.41 Å². The molecule has 0 saturated carbocycles. The van der Waals surface area contributed by atoms with Crippen molar-refractivity contribution in [3.05, 3.63) is 36.5 Å². The van der Waals surface area contributed by atoms with Crippen molar-refractivity contribution < 1.29 is 9.59 Å². The third kappa shape index (κ3) is 1.72. The number of imide groups is 1. The molecule has 1 saturated heterocycles. The number of carbonyl (C=O) groups is 2. The minimum atomic E-state index is -0.589. The van der Waals surface area contributed by atoms with Gasteiger partial charge in [0.15, 0.2) is 0 Å². The highest BCUT2D eigenvalue weighted by atomic mass is 16.2. The van der Waals surface area contributed by atoms with E-state index in [1.807, 2.05) is 38.1 Å². The molecular formula is C16H16N2O2. The Bertz CT molecular complexity index is 705. The number of hydrogen-bond acceptors (Lipinski definition) is 3. The molecule has 0 bridgehead atoms. The molecule has 0 radical (unpaired) electrons. The third-order valence-corrected chi connectivity index (χ3v) is 4.14. The number of nitrogens with zero attached hydrogens (tertiary/aromatic N) is 2. The van der Waals surface area contributed by atoms with Crippen LogP contribution >= 0.6 is 0 Å². The van der Waals surface area contributed by atoms with E-state index >= 15 is 0 Å². The Morgan fingerprint density at radius 3 is 2.70 bits per heavy atom. The van der Waals surface area contributed by atoms with Crippen molar-refractivity contribution in [1.82, 2.24) is 4.98 Å². The third-order valence-electron chi connectivity index (χ3n) is 4.14. The Kier molecular flexibility index (Phi) is 2.82. The molecule has 1 aliphatic heterocycles. The molecule has 0 aliphatic carbocycles. The second kappa shape index (κ2) is 4.40. The fourth-order valence-corrected chi connectivity index (χ4v) is 2.66. The lowest BCUT2D eigenvalue weighted by Crippen LogP contribution is -2.34. The lowest BCUT2D eigenvalue weighted by Gasteiger charge is -2.21. The molecule has 0 N–H and O–H groups in total. The van der Waals surface area contributed by atoms with E-state index < -0.39 is 5.41 Å². The first-order valence-corrected chi connectivity index (χ1v) is 6.78. The van der Waals surface area contributed by atoms with Gasteiger partial charge in [0, 0.05) is 18.0 Å². The second-order valence-corrected chi connectivity index (χ2v) is 5.48. The Labute approximate surface area is 117 Å². The number of pyridine rings is 1. The first-order chi connectivity index (χ1) is 9.57. The fraction of sp³-hybridized carbons (Fsp3) is 0.312. The molecule has 2 heterocycles. The number of hydrogen-bond donors (Lipinski definition) is 0. The van der Waals surface area contributed by atoms with E-state index in [2.05, 4.69) is 4.98 Å². The summed E-state index contributed by atoms with van der Waals surface area (Å²) < 4.78 is 0. The molecule has 1 aromatic heterocycles. The van der Waals surface area contributed by atoms with Crippen LogP contribution in [0.5, 0.6) is 0 Å². The van der Waals surface area contributed by atoms with E-state index in [-0.39, 0.29) is 18.2 Å². The molecule has 0 spiro atoms. The summed E-state index contributed by atoms with van der Waals surface area (Å²) in [6.07, 6.45) is 2.60. The van der Waals surface area contributed by atoms with Crippen LogP contribution in [0.2, 0.25) is 0 Å². The van der Waals surface area contributed by atoms with E-state index in [1.165, 1.54) is 4.90 Å². The SMILES string of the molecule is CCC1(C)CC(=O)N(c2cccc3cccnc23)C1=O. The van der Waals surface area contributed by atoms with Crippen LogP contribution in [-0.4, -0.2) is 16.8 Å². The van der Waals surface area contributed by atoms with Crippen molar-refractivity contribution in [1.29, 1.82) is 0 Å². The summed E-state index contributed by atoms with van der Waals surface area (Å²) in [5.74, 6) is -0.263. The number of rotatable bonds is 2. The monoisotopic (exact) mass is 268 g/mol. The van der Waals surface area contributed by atoms with Crippen molar-refractivity contribution >= 4 is 28.4 Å². The van der Waals surface area contributed by atoms with Crippen LogP contribution in [0.3, 0.4) is 0 Å². The second-order valence-electron chi connectivity index (χ2n) is 5.48. The van der Waals surface area contributed by atoms with Gasteiger partial charge in [-0.05, 0) is 18.6 Å². The first kappa shape index (κ1) is 12.8. The van der Waals surface area contributed by atoms with E-state index in [9.17, 15) is 9.59 Å². The summed E-state index contributed by atoms with van der Waals surface area (Å²) >= 11 is 0. The molecule has 2 aromatic rings. The fourth-order valence-electron chi connectivity index (χ4n) is 2.66. The van der Waals surface area contributed by atoms with E-state index in [0.717, 1.165) is 5.39 Å². The molecule has 4 heteroatoms. The molecule has 1 aromatic carbocycles. The lowest BCUT2D eigenvalue weighted by atomic mass is 9.86. The van der Waals surface area contributed by atoms with Gasteiger partial charge in [-0.2, -0.15) is 0 Å².